The molecular formula is C10H16S. The van der Waals surface area contributed by atoms with Gasteiger partial charge in [-0.1, -0.05) is 25.2 Å². The zero-order valence-corrected chi connectivity index (χ0v) is 7.99. The largest absolute Gasteiger partial charge is 0.157 e. The lowest BCUT2D eigenvalue weighted by Gasteiger charge is -2.05. The minimum Gasteiger partial charge on any atom is -0.157 e. The van der Waals surface area contributed by atoms with E-state index in [4.69, 9.17) is 0 Å². The molecule has 0 unspecified atom stereocenters. The summed E-state index contributed by atoms with van der Waals surface area (Å²) in [6, 6.07) is 0. The molecule has 0 nitrogen and oxygen atoms in total. The van der Waals surface area contributed by atoms with E-state index in [9.17, 15) is 0 Å². The van der Waals surface area contributed by atoms with Gasteiger partial charge in [-0.2, -0.15) is 11.8 Å². The van der Waals surface area contributed by atoms with E-state index in [1.165, 1.54) is 36.3 Å². The maximum atomic E-state index is 2.36. The van der Waals surface area contributed by atoms with Crippen LogP contribution in [0.25, 0.3) is 0 Å². The van der Waals surface area contributed by atoms with Crippen molar-refractivity contribution in [1.82, 2.24) is 0 Å². The third-order valence-corrected chi connectivity index (χ3v) is 2.92. The van der Waals surface area contributed by atoms with E-state index in [1.807, 2.05) is 11.8 Å². The molecule has 11 heavy (non-hydrogen) atoms. The van der Waals surface area contributed by atoms with Crippen LogP contribution in [0.15, 0.2) is 23.8 Å². The Kier molecular flexibility index (Phi) is 4.44. The van der Waals surface area contributed by atoms with E-state index in [2.05, 4.69) is 25.2 Å². The van der Waals surface area contributed by atoms with E-state index >= 15 is 0 Å². The van der Waals surface area contributed by atoms with Crippen molar-refractivity contribution in [2.75, 3.05) is 11.5 Å². The second-order valence-corrected chi connectivity index (χ2v) is 3.92. The zero-order chi connectivity index (χ0) is 7.94. The highest BCUT2D eigenvalue weighted by atomic mass is 32.2. The summed E-state index contributed by atoms with van der Waals surface area (Å²) in [4.78, 5) is 0. The maximum Gasteiger partial charge on any atom is 0.0181 e. The molecule has 1 rings (SSSR count). The van der Waals surface area contributed by atoms with E-state index in [1.54, 1.807) is 0 Å². The second-order valence-electron chi connectivity index (χ2n) is 2.81. The average Bonchev–Trinajstić information content (AvgIpc) is 2.07. The van der Waals surface area contributed by atoms with Crippen LogP contribution in [0, 0.1) is 0 Å². The van der Waals surface area contributed by atoms with Crippen LogP contribution < -0.4 is 0 Å². The minimum absolute atomic E-state index is 1.21. The topological polar surface area (TPSA) is 0 Å². The van der Waals surface area contributed by atoms with E-state index in [0.717, 1.165) is 0 Å². The normalized spacial score (nSPS) is 16.6. The first-order valence-electron chi connectivity index (χ1n) is 4.37. The minimum atomic E-state index is 1.21. The lowest BCUT2D eigenvalue weighted by Crippen LogP contribution is -1.89. The number of rotatable bonds is 4. The molecule has 1 aliphatic carbocycles. The first-order valence-corrected chi connectivity index (χ1v) is 5.52. The monoisotopic (exact) mass is 168 g/mol. The number of allylic oxidation sites excluding steroid dienone is 3. The molecule has 0 bridgehead atoms. The van der Waals surface area contributed by atoms with E-state index in [0.29, 0.717) is 0 Å². The zero-order valence-electron chi connectivity index (χ0n) is 7.18. The molecule has 62 valence electrons. The van der Waals surface area contributed by atoms with Crippen molar-refractivity contribution in [2.45, 2.75) is 26.2 Å². The third-order valence-electron chi connectivity index (χ3n) is 1.69. The molecule has 0 atom stereocenters. The Morgan fingerprint density at radius 1 is 1.45 bits per heavy atom. The molecular weight excluding hydrogens is 152 g/mol. The molecule has 0 aromatic carbocycles. The van der Waals surface area contributed by atoms with Gasteiger partial charge >= 0.3 is 0 Å². The Balaban J connectivity index is 2.15. The summed E-state index contributed by atoms with van der Waals surface area (Å²) in [6.45, 7) is 2.23. The Bertz CT molecular complexity index is 156. The SMILES string of the molecule is CCCSCC1=CCCC=C1. The fraction of sp³-hybridized carbons (Fsp3) is 0.600. The molecule has 1 heteroatoms. The summed E-state index contributed by atoms with van der Waals surface area (Å²) in [5.74, 6) is 2.51. The summed E-state index contributed by atoms with van der Waals surface area (Å²) in [6.07, 6.45) is 10.7. The van der Waals surface area contributed by atoms with Crippen LogP contribution in [0.4, 0.5) is 0 Å². The van der Waals surface area contributed by atoms with Crippen LogP contribution in [0.1, 0.15) is 26.2 Å². The third kappa shape index (κ3) is 3.66. The van der Waals surface area contributed by atoms with Crippen molar-refractivity contribution in [3.05, 3.63) is 23.8 Å². The van der Waals surface area contributed by atoms with Gasteiger partial charge in [0.1, 0.15) is 0 Å². The van der Waals surface area contributed by atoms with E-state index < -0.39 is 0 Å². The van der Waals surface area contributed by atoms with Gasteiger partial charge in [-0.15, -0.1) is 0 Å². The summed E-state index contributed by atoms with van der Waals surface area (Å²) in [7, 11) is 0. The molecule has 0 heterocycles. The van der Waals surface area contributed by atoms with Crippen molar-refractivity contribution in [3.63, 3.8) is 0 Å². The fourth-order valence-electron chi connectivity index (χ4n) is 1.11. The standard InChI is InChI=1S/C10H16S/c1-2-8-11-9-10-6-4-3-5-7-10/h4,6-7H,2-3,5,8-9H2,1H3. The molecule has 0 aliphatic heterocycles. The highest BCUT2D eigenvalue weighted by molar-refractivity contribution is 7.99. The molecule has 0 fully saturated rings. The van der Waals surface area contributed by atoms with Crippen LogP contribution >= 0.6 is 11.8 Å². The maximum absolute atomic E-state index is 2.36. The van der Waals surface area contributed by atoms with Gasteiger partial charge in [0.2, 0.25) is 0 Å². The van der Waals surface area contributed by atoms with Crippen LogP contribution in [0.2, 0.25) is 0 Å². The van der Waals surface area contributed by atoms with Crippen LogP contribution in [0.3, 0.4) is 0 Å². The smallest absolute Gasteiger partial charge is 0.0181 e. The molecule has 0 spiro atoms. The number of hydrogen-bond donors (Lipinski definition) is 0. The van der Waals surface area contributed by atoms with Gasteiger partial charge in [0.15, 0.2) is 0 Å². The summed E-state index contributed by atoms with van der Waals surface area (Å²) < 4.78 is 0. The molecule has 0 amide bonds. The predicted octanol–water partition coefficient (Wildman–Crippen LogP) is 3.41. The van der Waals surface area contributed by atoms with Crippen molar-refractivity contribution < 1.29 is 0 Å². The van der Waals surface area contributed by atoms with Crippen molar-refractivity contribution >= 4 is 11.8 Å². The first kappa shape index (κ1) is 8.92. The van der Waals surface area contributed by atoms with E-state index in [-0.39, 0.29) is 0 Å². The quantitative estimate of drug-likeness (QED) is 0.580. The number of thioether (sulfide) groups is 1. The summed E-state index contributed by atoms with van der Waals surface area (Å²) in [5, 5.41) is 0. The average molecular weight is 168 g/mol. The Hall–Kier alpha value is -0.170. The van der Waals surface area contributed by atoms with Gasteiger partial charge in [0.25, 0.3) is 0 Å². The Labute approximate surface area is 73.8 Å². The molecule has 1 aliphatic rings. The van der Waals surface area contributed by atoms with Crippen LogP contribution in [0.5, 0.6) is 0 Å². The summed E-state index contributed by atoms with van der Waals surface area (Å²) in [5.41, 5.74) is 1.52. The second kappa shape index (κ2) is 5.48. The van der Waals surface area contributed by atoms with Gasteiger partial charge in [0.05, 0.1) is 0 Å². The lowest BCUT2D eigenvalue weighted by atomic mass is 10.1. The van der Waals surface area contributed by atoms with Gasteiger partial charge in [0, 0.05) is 5.75 Å². The van der Waals surface area contributed by atoms with Crippen LogP contribution in [-0.2, 0) is 0 Å². The molecule has 0 aromatic heterocycles. The molecule has 0 saturated heterocycles. The van der Waals surface area contributed by atoms with Crippen molar-refractivity contribution in [3.8, 4) is 0 Å². The van der Waals surface area contributed by atoms with Crippen LogP contribution in [-0.4, -0.2) is 11.5 Å². The summed E-state index contributed by atoms with van der Waals surface area (Å²) >= 11 is 2.04. The molecule has 0 aromatic rings. The fourth-order valence-corrected chi connectivity index (χ4v) is 1.99. The highest BCUT2D eigenvalue weighted by Crippen LogP contribution is 2.15. The Morgan fingerprint density at radius 3 is 3.00 bits per heavy atom. The molecule has 0 saturated carbocycles. The highest BCUT2D eigenvalue weighted by Gasteiger charge is 1.96. The van der Waals surface area contributed by atoms with Gasteiger partial charge in [-0.05, 0) is 30.6 Å². The predicted molar refractivity (Wildman–Crippen MR) is 54.1 cm³/mol. The Morgan fingerprint density at radius 2 is 2.36 bits per heavy atom. The van der Waals surface area contributed by atoms with Crippen molar-refractivity contribution in [2.24, 2.45) is 0 Å². The van der Waals surface area contributed by atoms with Gasteiger partial charge in [-0.25, -0.2) is 0 Å². The molecule has 0 radical (unpaired) electrons. The lowest BCUT2D eigenvalue weighted by molar-refractivity contribution is 1.02. The number of hydrogen-bond acceptors (Lipinski definition) is 1. The van der Waals surface area contributed by atoms with Gasteiger partial charge in [-0.3, -0.25) is 0 Å². The molecule has 0 N–H and O–H groups in total. The van der Waals surface area contributed by atoms with Crippen molar-refractivity contribution in [1.29, 1.82) is 0 Å². The van der Waals surface area contributed by atoms with Gasteiger partial charge < -0.3 is 0 Å². The first-order chi connectivity index (χ1) is 5.43.